The van der Waals surface area contributed by atoms with E-state index >= 15 is 0 Å². The number of fused-ring (bicyclic) bond motifs is 1. The summed E-state index contributed by atoms with van der Waals surface area (Å²) in [6.45, 7) is 1.92. The van der Waals surface area contributed by atoms with Crippen LogP contribution in [0.1, 0.15) is 11.1 Å². The van der Waals surface area contributed by atoms with Crippen LogP contribution < -0.4 is 10.6 Å². The number of amides is 2. The third-order valence-corrected chi connectivity index (χ3v) is 4.93. The van der Waals surface area contributed by atoms with Gasteiger partial charge in [-0.2, -0.15) is 0 Å². The number of benzene rings is 2. The number of hydrogen-bond acceptors (Lipinski definition) is 4. The van der Waals surface area contributed by atoms with E-state index in [1.54, 1.807) is 0 Å². The smallest absolute Gasteiger partial charge is 0.315 e. The minimum absolute atomic E-state index is 0.116. The summed E-state index contributed by atoms with van der Waals surface area (Å²) >= 11 is 0. The molecule has 2 amide bonds. The molecule has 0 aliphatic carbocycles. The van der Waals surface area contributed by atoms with E-state index < -0.39 is 0 Å². The zero-order valence-electron chi connectivity index (χ0n) is 15.0. The van der Waals surface area contributed by atoms with Gasteiger partial charge in [0, 0.05) is 6.54 Å². The first-order valence-corrected chi connectivity index (χ1v) is 9.26. The van der Waals surface area contributed by atoms with Crippen molar-refractivity contribution in [2.75, 3.05) is 13.2 Å². The monoisotopic (exact) mass is 368 g/mol. The lowest BCUT2D eigenvalue weighted by molar-refractivity contribution is -0.0392. The lowest BCUT2D eigenvalue weighted by atomic mass is 10.1. The molecule has 2 heterocycles. The number of carbonyl (C=O) groups is 1. The number of urea groups is 1. The van der Waals surface area contributed by atoms with Gasteiger partial charge in [0.05, 0.1) is 25.9 Å². The Balaban J connectivity index is 1.24. The molecule has 2 N–H and O–H groups in total. The average molecular weight is 368 g/mol. The van der Waals surface area contributed by atoms with Crippen molar-refractivity contribution in [2.24, 2.45) is 0 Å². The van der Waals surface area contributed by atoms with Crippen molar-refractivity contribution in [1.29, 1.82) is 0 Å². The van der Waals surface area contributed by atoms with Crippen LogP contribution in [0.25, 0.3) is 0 Å². The number of rotatable bonds is 6. The number of carbonyl (C=O) groups excluding carboxylic acids is 1. The SMILES string of the molecule is O=C(NCc1ccccc1)N[C@H]1CO[C@H]2[C@@H]1OC[C@H]2OCc1ccccc1. The van der Waals surface area contributed by atoms with Gasteiger partial charge in [-0.25, -0.2) is 4.79 Å². The van der Waals surface area contributed by atoms with Crippen LogP contribution in [0.3, 0.4) is 0 Å². The van der Waals surface area contributed by atoms with Crippen LogP contribution in [0.2, 0.25) is 0 Å². The summed E-state index contributed by atoms with van der Waals surface area (Å²) in [5.41, 5.74) is 2.17. The fourth-order valence-electron chi connectivity index (χ4n) is 3.51. The summed E-state index contributed by atoms with van der Waals surface area (Å²) < 4.78 is 17.7. The summed E-state index contributed by atoms with van der Waals surface area (Å²) in [5.74, 6) is 0. The standard InChI is InChI=1S/C21H24N2O4/c24-21(22-11-15-7-3-1-4-8-15)23-17-13-26-20-18(14-27-19(17)20)25-12-16-9-5-2-6-10-16/h1-10,17-20H,11-14H2,(H2,22,23,24)/t17-,18+,19+,20+/m0/s1. The second-order valence-electron chi connectivity index (χ2n) is 6.85. The minimum Gasteiger partial charge on any atom is -0.370 e. The van der Waals surface area contributed by atoms with Crippen molar-refractivity contribution in [3.8, 4) is 0 Å². The number of nitrogens with one attached hydrogen (secondary N) is 2. The molecule has 2 saturated heterocycles. The van der Waals surface area contributed by atoms with E-state index in [0.717, 1.165) is 11.1 Å². The molecule has 2 aliphatic rings. The molecule has 2 fully saturated rings. The van der Waals surface area contributed by atoms with E-state index in [1.807, 2.05) is 60.7 Å². The highest BCUT2D eigenvalue weighted by molar-refractivity contribution is 5.74. The van der Waals surface area contributed by atoms with E-state index in [1.165, 1.54) is 0 Å². The molecule has 6 heteroatoms. The largest absolute Gasteiger partial charge is 0.370 e. The van der Waals surface area contributed by atoms with Crippen LogP contribution in [-0.4, -0.2) is 43.6 Å². The van der Waals surface area contributed by atoms with Gasteiger partial charge in [0.2, 0.25) is 0 Å². The van der Waals surface area contributed by atoms with Crippen LogP contribution in [0, 0.1) is 0 Å². The Morgan fingerprint density at radius 3 is 2.33 bits per heavy atom. The molecule has 0 bridgehead atoms. The van der Waals surface area contributed by atoms with Gasteiger partial charge in [-0.05, 0) is 11.1 Å². The molecule has 0 radical (unpaired) electrons. The molecular formula is C21H24N2O4. The van der Waals surface area contributed by atoms with Crippen molar-refractivity contribution in [2.45, 2.75) is 37.5 Å². The lowest BCUT2D eigenvalue weighted by Crippen LogP contribution is -2.48. The third-order valence-electron chi connectivity index (χ3n) is 4.93. The Kier molecular flexibility index (Phi) is 5.67. The normalized spacial score (nSPS) is 26.5. The van der Waals surface area contributed by atoms with Gasteiger partial charge >= 0.3 is 6.03 Å². The summed E-state index contributed by atoms with van der Waals surface area (Å²) in [7, 11) is 0. The maximum Gasteiger partial charge on any atom is 0.315 e. The first-order valence-electron chi connectivity index (χ1n) is 9.26. The highest BCUT2D eigenvalue weighted by Gasteiger charge is 2.48. The Labute approximate surface area is 158 Å². The van der Waals surface area contributed by atoms with Gasteiger partial charge < -0.3 is 24.8 Å². The Bertz CT molecular complexity index is 740. The molecule has 0 aromatic heterocycles. The Morgan fingerprint density at radius 1 is 0.926 bits per heavy atom. The number of hydrogen-bond donors (Lipinski definition) is 2. The first-order chi connectivity index (χ1) is 13.3. The molecule has 2 aromatic rings. The maximum absolute atomic E-state index is 12.2. The predicted molar refractivity (Wildman–Crippen MR) is 100 cm³/mol. The molecular weight excluding hydrogens is 344 g/mol. The van der Waals surface area contributed by atoms with Crippen molar-refractivity contribution in [3.63, 3.8) is 0 Å². The van der Waals surface area contributed by atoms with Crippen LogP contribution in [0.5, 0.6) is 0 Å². The molecule has 2 aliphatic heterocycles. The van der Waals surface area contributed by atoms with Gasteiger partial charge in [-0.1, -0.05) is 60.7 Å². The fraction of sp³-hybridized carbons (Fsp3) is 0.381. The van der Waals surface area contributed by atoms with Gasteiger partial charge in [0.25, 0.3) is 0 Å². The predicted octanol–water partition coefficient (Wildman–Crippen LogP) is 2.24. The maximum atomic E-state index is 12.2. The van der Waals surface area contributed by atoms with E-state index in [9.17, 15) is 4.79 Å². The Morgan fingerprint density at radius 2 is 1.59 bits per heavy atom. The van der Waals surface area contributed by atoms with Crippen LogP contribution in [-0.2, 0) is 27.4 Å². The van der Waals surface area contributed by atoms with E-state index in [2.05, 4.69) is 10.6 Å². The van der Waals surface area contributed by atoms with Gasteiger partial charge in [0.15, 0.2) is 0 Å². The first kappa shape index (κ1) is 18.0. The molecule has 4 atom stereocenters. The molecule has 0 spiro atoms. The van der Waals surface area contributed by atoms with E-state index in [4.69, 9.17) is 14.2 Å². The molecule has 6 nitrogen and oxygen atoms in total. The van der Waals surface area contributed by atoms with E-state index in [-0.39, 0.29) is 30.4 Å². The topological polar surface area (TPSA) is 68.8 Å². The molecule has 0 saturated carbocycles. The lowest BCUT2D eigenvalue weighted by Gasteiger charge is -2.18. The highest BCUT2D eigenvalue weighted by atomic mass is 16.6. The summed E-state index contributed by atoms with van der Waals surface area (Å²) in [6.07, 6.45) is -0.434. The van der Waals surface area contributed by atoms with Crippen molar-refractivity contribution >= 4 is 6.03 Å². The minimum atomic E-state index is -0.217. The molecule has 2 aromatic carbocycles. The van der Waals surface area contributed by atoms with Gasteiger partial charge in [-0.15, -0.1) is 0 Å². The summed E-state index contributed by atoms with van der Waals surface area (Å²) in [6, 6.07) is 19.5. The molecule has 142 valence electrons. The second-order valence-corrected chi connectivity index (χ2v) is 6.85. The van der Waals surface area contributed by atoms with Gasteiger partial charge in [-0.3, -0.25) is 0 Å². The van der Waals surface area contributed by atoms with Crippen LogP contribution >= 0.6 is 0 Å². The van der Waals surface area contributed by atoms with Crippen LogP contribution in [0.4, 0.5) is 4.79 Å². The zero-order chi connectivity index (χ0) is 18.5. The molecule has 27 heavy (non-hydrogen) atoms. The van der Waals surface area contributed by atoms with Crippen molar-refractivity contribution < 1.29 is 19.0 Å². The van der Waals surface area contributed by atoms with Gasteiger partial charge in [0.1, 0.15) is 18.3 Å². The van der Waals surface area contributed by atoms with Crippen molar-refractivity contribution in [1.82, 2.24) is 10.6 Å². The fourth-order valence-corrected chi connectivity index (χ4v) is 3.51. The number of ether oxygens (including phenoxy) is 3. The highest BCUT2D eigenvalue weighted by Crippen LogP contribution is 2.29. The van der Waals surface area contributed by atoms with Crippen LogP contribution in [0.15, 0.2) is 60.7 Å². The zero-order valence-corrected chi connectivity index (χ0v) is 15.0. The Hall–Kier alpha value is -2.41. The molecule has 4 rings (SSSR count). The average Bonchev–Trinajstić information content (AvgIpc) is 3.29. The van der Waals surface area contributed by atoms with E-state index in [0.29, 0.717) is 26.4 Å². The molecule has 0 unspecified atom stereocenters. The quantitative estimate of drug-likeness (QED) is 0.821. The third kappa shape index (κ3) is 4.47. The second kappa shape index (κ2) is 8.52. The van der Waals surface area contributed by atoms with Crippen molar-refractivity contribution in [3.05, 3.63) is 71.8 Å². The summed E-state index contributed by atoms with van der Waals surface area (Å²) in [4.78, 5) is 12.2. The summed E-state index contributed by atoms with van der Waals surface area (Å²) in [5, 5.41) is 5.83.